The number of aromatic nitrogens is 2. The zero-order valence-corrected chi connectivity index (χ0v) is 17.6. The second kappa shape index (κ2) is 8.39. The number of hydrogen-bond donors (Lipinski definition) is 2. The molecule has 6 heteroatoms. The highest BCUT2D eigenvalue weighted by atomic mass is 16.2. The van der Waals surface area contributed by atoms with Crippen LogP contribution in [0.15, 0.2) is 36.5 Å². The average Bonchev–Trinajstić information content (AvgIpc) is 3.49. The van der Waals surface area contributed by atoms with Gasteiger partial charge in [-0.25, -0.2) is 4.98 Å². The topological polar surface area (TPSA) is 70.1 Å². The molecule has 2 aliphatic rings. The molecule has 154 valence electrons. The Balaban J connectivity index is 1.24. The number of rotatable bonds is 6. The van der Waals surface area contributed by atoms with Gasteiger partial charge in [-0.2, -0.15) is 4.98 Å². The van der Waals surface area contributed by atoms with Crippen LogP contribution < -0.4 is 15.5 Å². The lowest BCUT2D eigenvalue weighted by Gasteiger charge is -2.28. The molecule has 2 N–H and O–H groups in total. The van der Waals surface area contributed by atoms with E-state index in [1.165, 1.54) is 5.56 Å². The van der Waals surface area contributed by atoms with E-state index < -0.39 is 0 Å². The number of nitrogens with one attached hydrogen (secondary N) is 2. The summed E-state index contributed by atoms with van der Waals surface area (Å²) >= 11 is 0. The largest absolute Gasteiger partial charge is 0.362 e. The zero-order valence-electron chi connectivity index (χ0n) is 17.6. The minimum absolute atomic E-state index is 0.126. The van der Waals surface area contributed by atoms with E-state index in [4.69, 9.17) is 0 Å². The second-order valence-electron chi connectivity index (χ2n) is 8.66. The normalized spacial score (nSPS) is 25.9. The molecule has 2 saturated carbocycles. The van der Waals surface area contributed by atoms with Crippen LogP contribution in [0.25, 0.3) is 0 Å². The number of anilines is 2. The van der Waals surface area contributed by atoms with Crippen LogP contribution in [0, 0.1) is 12.8 Å². The number of amides is 1. The molecule has 1 heterocycles. The molecule has 2 aromatic rings. The van der Waals surface area contributed by atoms with Gasteiger partial charge in [-0.15, -0.1) is 0 Å². The molecule has 1 aromatic heterocycles. The van der Waals surface area contributed by atoms with Crippen LogP contribution in [0.2, 0.25) is 0 Å². The Kier molecular flexibility index (Phi) is 5.69. The molecule has 6 nitrogen and oxygen atoms in total. The first kappa shape index (κ1) is 19.7. The van der Waals surface area contributed by atoms with E-state index in [0.717, 1.165) is 43.5 Å². The van der Waals surface area contributed by atoms with Crippen LogP contribution in [0.1, 0.15) is 49.1 Å². The fourth-order valence-electron chi connectivity index (χ4n) is 4.36. The average molecular weight is 394 g/mol. The van der Waals surface area contributed by atoms with Gasteiger partial charge in [0.15, 0.2) is 0 Å². The highest BCUT2D eigenvalue weighted by Gasteiger charge is 2.40. The zero-order chi connectivity index (χ0) is 20.4. The minimum Gasteiger partial charge on any atom is -0.362 e. The molecule has 4 rings (SSSR count). The number of carbonyl (C=O) groups excluding carboxylic acids is 1. The van der Waals surface area contributed by atoms with E-state index in [2.05, 4.69) is 44.9 Å². The van der Waals surface area contributed by atoms with Crippen molar-refractivity contribution >= 4 is 17.7 Å². The molecule has 2 unspecified atom stereocenters. The van der Waals surface area contributed by atoms with Gasteiger partial charge in [0.1, 0.15) is 5.82 Å². The maximum atomic E-state index is 12.7. The van der Waals surface area contributed by atoms with Crippen molar-refractivity contribution in [2.24, 2.45) is 5.92 Å². The highest BCUT2D eigenvalue weighted by Crippen LogP contribution is 2.41. The lowest BCUT2D eigenvalue weighted by molar-refractivity contribution is -0.126. The van der Waals surface area contributed by atoms with E-state index >= 15 is 0 Å². The first-order valence-electron chi connectivity index (χ1n) is 10.6. The van der Waals surface area contributed by atoms with Crippen molar-refractivity contribution in [1.29, 1.82) is 0 Å². The van der Waals surface area contributed by atoms with Crippen LogP contribution in [0.3, 0.4) is 0 Å². The van der Waals surface area contributed by atoms with Gasteiger partial charge in [0.25, 0.3) is 0 Å². The first-order chi connectivity index (χ1) is 14.0. The van der Waals surface area contributed by atoms with Crippen LogP contribution in [-0.4, -0.2) is 42.1 Å². The van der Waals surface area contributed by atoms with Crippen LogP contribution in [0.4, 0.5) is 11.8 Å². The maximum absolute atomic E-state index is 12.7. The van der Waals surface area contributed by atoms with Gasteiger partial charge >= 0.3 is 0 Å². The summed E-state index contributed by atoms with van der Waals surface area (Å²) in [5.41, 5.74) is 2.40. The molecule has 1 aromatic carbocycles. The monoisotopic (exact) mass is 393 g/mol. The third kappa shape index (κ3) is 4.69. The van der Waals surface area contributed by atoms with E-state index in [9.17, 15) is 4.79 Å². The van der Waals surface area contributed by atoms with Crippen LogP contribution in [-0.2, 0) is 4.79 Å². The van der Waals surface area contributed by atoms with Gasteiger partial charge < -0.3 is 15.5 Å². The minimum atomic E-state index is 0.126. The molecule has 0 aliphatic heterocycles. The molecule has 2 aliphatic carbocycles. The van der Waals surface area contributed by atoms with Crippen molar-refractivity contribution in [2.75, 3.05) is 24.3 Å². The molecule has 0 spiro atoms. The molecular formula is C23H31N5O. The Labute approximate surface area is 173 Å². The molecule has 1 amide bonds. The summed E-state index contributed by atoms with van der Waals surface area (Å²) in [7, 11) is 3.98. The fourth-order valence-corrected chi connectivity index (χ4v) is 4.36. The number of hydrogen-bond acceptors (Lipinski definition) is 5. The molecule has 2 fully saturated rings. The van der Waals surface area contributed by atoms with Gasteiger partial charge in [0.2, 0.25) is 11.9 Å². The number of carbonyl (C=O) groups is 1. The number of benzene rings is 1. The lowest BCUT2D eigenvalue weighted by Crippen LogP contribution is -2.37. The summed E-state index contributed by atoms with van der Waals surface area (Å²) in [6, 6.07) is 11.1. The molecule has 2 atom stereocenters. The van der Waals surface area contributed by atoms with Crippen molar-refractivity contribution in [3.63, 3.8) is 0 Å². The van der Waals surface area contributed by atoms with Crippen molar-refractivity contribution in [2.45, 2.75) is 57.0 Å². The summed E-state index contributed by atoms with van der Waals surface area (Å²) in [5.74, 6) is 2.46. The number of aryl methyl sites for hydroxylation is 1. The van der Waals surface area contributed by atoms with E-state index in [1.54, 1.807) is 0 Å². The van der Waals surface area contributed by atoms with Crippen molar-refractivity contribution in [3.8, 4) is 0 Å². The molecule has 29 heavy (non-hydrogen) atoms. The van der Waals surface area contributed by atoms with Gasteiger partial charge in [-0.05, 0) is 44.6 Å². The number of nitrogens with zero attached hydrogens (tertiary/aromatic N) is 3. The van der Waals surface area contributed by atoms with E-state index in [-0.39, 0.29) is 11.8 Å². The van der Waals surface area contributed by atoms with Gasteiger partial charge in [-0.1, -0.05) is 30.3 Å². The van der Waals surface area contributed by atoms with Crippen LogP contribution in [0.5, 0.6) is 0 Å². The summed E-state index contributed by atoms with van der Waals surface area (Å²) < 4.78 is 0. The van der Waals surface area contributed by atoms with Gasteiger partial charge in [0.05, 0.1) is 0 Å². The summed E-state index contributed by atoms with van der Waals surface area (Å²) in [4.78, 5) is 23.7. The fraction of sp³-hybridized carbons (Fsp3) is 0.522. The molecule has 0 saturated heterocycles. The predicted molar refractivity (Wildman–Crippen MR) is 116 cm³/mol. The summed E-state index contributed by atoms with van der Waals surface area (Å²) in [6.45, 7) is 2.02. The smallest absolute Gasteiger partial charge is 0.224 e. The summed E-state index contributed by atoms with van der Waals surface area (Å²) in [6.07, 6.45) is 6.70. The molecular weight excluding hydrogens is 362 g/mol. The third-order valence-electron chi connectivity index (χ3n) is 6.15. The standard InChI is InChI=1S/C23H31N5O/c1-15-14-24-23(27-21(15)28(2)3)25-18-11-9-17(10-12-18)22(29)26-20-13-19(20)16-7-5-4-6-8-16/h4-8,14,17-20H,9-13H2,1-3H3,(H,26,29)(H,24,25,27). The third-order valence-corrected chi connectivity index (χ3v) is 6.15. The Hall–Kier alpha value is -2.63. The van der Waals surface area contributed by atoms with E-state index in [1.807, 2.05) is 38.2 Å². The maximum Gasteiger partial charge on any atom is 0.224 e. The van der Waals surface area contributed by atoms with E-state index in [0.29, 0.717) is 23.9 Å². The predicted octanol–water partition coefficient (Wildman–Crippen LogP) is 3.49. The van der Waals surface area contributed by atoms with Gasteiger partial charge in [-0.3, -0.25) is 4.79 Å². The van der Waals surface area contributed by atoms with Crippen molar-refractivity contribution < 1.29 is 4.79 Å². The quantitative estimate of drug-likeness (QED) is 0.786. The molecule has 0 radical (unpaired) electrons. The van der Waals surface area contributed by atoms with Crippen molar-refractivity contribution in [3.05, 3.63) is 47.7 Å². The van der Waals surface area contributed by atoms with Crippen molar-refractivity contribution in [1.82, 2.24) is 15.3 Å². The highest BCUT2D eigenvalue weighted by molar-refractivity contribution is 5.79. The molecule has 0 bridgehead atoms. The Morgan fingerprint density at radius 2 is 1.83 bits per heavy atom. The lowest BCUT2D eigenvalue weighted by atomic mass is 9.85. The SMILES string of the molecule is Cc1cnc(NC2CCC(C(=O)NC3CC3c3ccccc3)CC2)nc1N(C)C. The summed E-state index contributed by atoms with van der Waals surface area (Å²) in [5, 5.41) is 6.74. The Morgan fingerprint density at radius 3 is 2.52 bits per heavy atom. The van der Waals surface area contributed by atoms with Crippen LogP contribution >= 0.6 is 0 Å². The van der Waals surface area contributed by atoms with Gasteiger partial charge in [0, 0.05) is 49.8 Å². The first-order valence-corrected chi connectivity index (χ1v) is 10.6. The Bertz CT molecular complexity index is 846. The second-order valence-corrected chi connectivity index (χ2v) is 8.66. The Morgan fingerprint density at radius 1 is 1.10 bits per heavy atom.